The Balaban J connectivity index is 1.42. The number of aryl methyl sites for hydroxylation is 2. The average Bonchev–Trinajstić information content (AvgIpc) is 3.07. The monoisotopic (exact) mass is 449 g/mol. The zero-order valence-corrected chi connectivity index (χ0v) is 18.8. The van der Waals surface area contributed by atoms with Crippen LogP contribution in [0.3, 0.4) is 0 Å². The van der Waals surface area contributed by atoms with Crippen LogP contribution in [-0.2, 0) is 13.1 Å². The maximum atomic E-state index is 8.47. The number of benzene rings is 2. The van der Waals surface area contributed by atoms with Gasteiger partial charge in [0.15, 0.2) is 0 Å². The van der Waals surface area contributed by atoms with Crippen LogP contribution in [-0.4, -0.2) is 34.0 Å². The number of hydrogen-bond donors (Lipinski definition) is 5. The van der Waals surface area contributed by atoms with Gasteiger partial charge in [-0.2, -0.15) is 0 Å². The van der Waals surface area contributed by atoms with Crippen molar-refractivity contribution in [3.8, 4) is 11.5 Å². The van der Waals surface area contributed by atoms with Crippen molar-refractivity contribution >= 4 is 11.7 Å². The largest absolute Gasteiger partial charge is 0.494 e. The molecule has 9 nitrogen and oxygen atoms in total. The van der Waals surface area contributed by atoms with E-state index in [9.17, 15) is 0 Å². The van der Waals surface area contributed by atoms with Crippen molar-refractivity contribution in [1.29, 1.82) is 16.2 Å². The highest BCUT2D eigenvalue weighted by Gasteiger charge is 2.06. The van der Waals surface area contributed by atoms with Gasteiger partial charge in [0.25, 0.3) is 0 Å². The lowest BCUT2D eigenvalue weighted by molar-refractivity contribution is 0.296. The molecule has 1 aromatic heterocycles. The fraction of sp³-hybridized carbons (Fsp3) is 0.292. The molecule has 0 spiro atoms. The van der Waals surface area contributed by atoms with Gasteiger partial charge >= 0.3 is 0 Å². The summed E-state index contributed by atoms with van der Waals surface area (Å²) in [7, 11) is 0. The van der Waals surface area contributed by atoms with Gasteiger partial charge in [0.05, 0.1) is 13.2 Å². The molecule has 0 saturated heterocycles. The smallest absolute Gasteiger partial charge is 0.202 e. The minimum absolute atomic E-state index is 0.0377. The molecule has 0 unspecified atom stereocenters. The molecule has 0 fully saturated rings. The fourth-order valence-corrected chi connectivity index (χ4v) is 3.43. The lowest BCUT2D eigenvalue weighted by Crippen LogP contribution is -2.26. The van der Waals surface area contributed by atoms with Crippen molar-refractivity contribution in [2.24, 2.45) is 11.5 Å². The van der Waals surface area contributed by atoms with Crippen LogP contribution in [0, 0.1) is 23.2 Å². The van der Waals surface area contributed by atoms with Crippen molar-refractivity contribution in [2.45, 2.75) is 32.9 Å². The van der Waals surface area contributed by atoms with Gasteiger partial charge in [-0.25, -0.2) is 0 Å². The van der Waals surface area contributed by atoms with Crippen LogP contribution in [0.4, 0.5) is 0 Å². The first kappa shape index (κ1) is 23.6. The number of hydrogen-bond acceptors (Lipinski definition) is 5. The molecule has 0 amide bonds. The van der Waals surface area contributed by atoms with E-state index in [1.54, 1.807) is 48.5 Å². The molecule has 7 N–H and O–H groups in total. The lowest BCUT2D eigenvalue weighted by atomic mass is 10.2. The SMILES string of the molecule is Cc1cn(CCCOc2ccc(C(=N)N)cc2)c(=N)n1CCCOc1ccc(C(=N)N)cc1. The van der Waals surface area contributed by atoms with E-state index in [0.29, 0.717) is 43.0 Å². The van der Waals surface area contributed by atoms with E-state index >= 15 is 0 Å². The van der Waals surface area contributed by atoms with Crippen molar-refractivity contribution < 1.29 is 9.47 Å². The molecule has 0 aliphatic rings. The van der Waals surface area contributed by atoms with Crippen LogP contribution in [0.1, 0.15) is 29.7 Å². The summed E-state index contributed by atoms with van der Waals surface area (Å²) in [5.41, 5.74) is 13.8. The molecule has 2 aromatic carbocycles. The molecular weight excluding hydrogens is 418 g/mol. The molecule has 0 saturated carbocycles. The van der Waals surface area contributed by atoms with Crippen LogP contribution >= 0.6 is 0 Å². The highest BCUT2D eigenvalue weighted by molar-refractivity contribution is 5.95. The predicted molar refractivity (Wildman–Crippen MR) is 128 cm³/mol. The van der Waals surface area contributed by atoms with Crippen molar-refractivity contribution in [3.63, 3.8) is 0 Å². The Kier molecular flexibility index (Phi) is 7.91. The second kappa shape index (κ2) is 11.0. The van der Waals surface area contributed by atoms with Crippen molar-refractivity contribution in [3.05, 3.63) is 77.2 Å². The van der Waals surface area contributed by atoms with Crippen LogP contribution in [0.5, 0.6) is 11.5 Å². The molecule has 3 aromatic rings. The normalized spacial score (nSPS) is 10.7. The number of nitrogens with two attached hydrogens (primary N) is 2. The quantitative estimate of drug-likeness (QED) is 0.164. The molecular formula is C24H31N7O2. The number of aromatic nitrogens is 2. The topological polar surface area (TPSA) is 152 Å². The van der Waals surface area contributed by atoms with Crippen LogP contribution < -0.4 is 26.6 Å². The van der Waals surface area contributed by atoms with E-state index in [2.05, 4.69) is 0 Å². The predicted octanol–water partition coefficient (Wildman–Crippen LogP) is 2.58. The first-order valence-electron chi connectivity index (χ1n) is 10.8. The summed E-state index contributed by atoms with van der Waals surface area (Å²) in [5.74, 6) is 1.55. The van der Waals surface area contributed by atoms with Gasteiger partial charge in [-0.05, 0) is 68.3 Å². The van der Waals surface area contributed by atoms with Gasteiger partial charge in [0, 0.05) is 36.1 Å². The minimum atomic E-state index is 0.0377. The number of nitrogen functional groups attached to an aromatic ring is 2. The number of ether oxygens (including phenoxy) is 2. The molecule has 0 atom stereocenters. The van der Waals surface area contributed by atoms with Gasteiger partial charge in [0.2, 0.25) is 5.62 Å². The first-order chi connectivity index (χ1) is 15.8. The van der Waals surface area contributed by atoms with Gasteiger partial charge in [-0.1, -0.05) is 0 Å². The number of rotatable bonds is 12. The van der Waals surface area contributed by atoms with E-state index in [4.69, 9.17) is 37.2 Å². The molecule has 0 aliphatic heterocycles. The summed E-state index contributed by atoms with van der Waals surface area (Å²) in [4.78, 5) is 0. The zero-order chi connectivity index (χ0) is 23.8. The van der Waals surface area contributed by atoms with Gasteiger partial charge in [-0.15, -0.1) is 0 Å². The van der Waals surface area contributed by atoms with E-state index < -0.39 is 0 Å². The van der Waals surface area contributed by atoms with Gasteiger partial charge in [0.1, 0.15) is 23.2 Å². The van der Waals surface area contributed by atoms with Crippen molar-refractivity contribution in [2.75, 3.05) is 13.2 Å². The van der Waals surface area contributed by atoms with Crippen LogP contribution in [0.15, 0.2) is 54.7 Å². The Hall–Kier alpha value is -4.01. The summed E-state index contributed by atoms with van der Waals surface area (Å²) in [5, 5.41) is 23.3. The molecule has 0 radical (unpaired) electrons. The van der Waals surface area contributed by atoms with E-state index in [1.807, 2.05) is 22.3 Å². The van der Waals surface area contributed by atoms with E-state index in [-0.39, 0.29) is 11.7 Å². The molecule has 174 valence electrons. The van der Waals surface area contributed by atoms with E-state index in [1.165, 1.54) is 0 Å². The zero-order valence-electron chi connectivity index (χ0n) is 18.8. The standard InChI is InChI=1S/C24H31N7O2/c1-17-16-30(12-2-14-32-20-8-4-18(5-9-20)22(25)26)24(29)31(17)13-3-15-33-21-10-6-19(7-11-21)23(27)28/h4-11,16,29H,2-3,12-15H2,1H3,(H3,25,26)(H3,27,28). The Morgan fingerprint density at radius 1 is 0.788 bits per heavy atom. The number of imidazole rings is 1. The number of amidine groups is 2. The van der Waals surface area contributed by atoms with Gasteiger partial charge in [-0.3, -0.25) is 16.2 Å². The van der Waals surface area contributed by atoms with Crippen LogP contribution in [0.25, 0.3) is 0 Å². The molecule has 0 aliphatic carbocycles. The van der Waals surface area contributed by atoms with Crippen molar-refractivity contribution in [1.82, 2.24) is 9.13 Å². The Labute approximate surface area is 193 Å². The van der Waals surface area contributed by atoms with Gasteiger partial charge < -0.3 is 30.1 Å². The molecule has 3 rings (SSSR count). The lowest BCUT2D eigenvalue weighted by Gasteiger charge is -2.09. The molecule has 33 heavy (non-hydrogen) atoms. The number of nitrogens with zero attached hydrogens (tertiary/aromatic N) is 2. The third-order valence-corrected chi connectivity index (χ3v) is 5.23. The highest BCUT2D eigenvalue weighted by Crippen LogP contribution is 2.13. The van der Waals surface area contributed by atoms with Crippen LogP contribution in [0.2, 0.25) is 0 Å². The maximum absolute atomic E-state index is 8.47. The summed E-state index contributed by atoms with van der Waals surface area (Å²) >= 11 is 0. The third-order valence-electron chi connectivity index (χ3n) is 5.23. The Bertz CT molecular complexity index is 1150. The maximum Gasteiger partial charge on any atom is 0.202 e. The second-order valence-corrected chi connectivity index (χ2v) is 7.72. The molecule has 1 heterocycles. The fourth-order valence-electron chi connectivity index (χ4n) is 3.43. The summed E-state index contributed by atoms with van der Waals surface area (Å²) < 4.78 is 15.4. The Morgan fingerprint density at radius 2 is 1.24 bits per heavy atom. The minimum Gasteiger partial charge on any atom is -0.494 e. The Morgan fingerprint density at radius 3 is 1.70 bits per heavy atom. The molecule has 9 heteroatoms. The summed E-state index contributed by atoms with van der Waals surface area (Å²) in [6, 6.07) is 14.3. The first-order valence-corrected chi connectivity index (χ1v) is 10.8. The second-order valence-electron chi connectivity index (χ2n) is 7.72. The van der Waals surface area contributed by atoms with E-state index in [0.717, 1.165) is 30.0 Å². The number of nitrogens with one attached hydrogen (secondary N) is 3. The summed E-state index contributed by atoms with van der Waals surface area (Å²) in [6.07, 6.45) is 3.54. The average molecular weight is 450 g/mol. The highest BCUT2D eigenvalue weighted by atomic mass is 16.5. The summed E-state index contributed by atoms with van der Waals surface area (Å²) in [6.45, 7) is 4.46. The third kappa shape index (κ3) is 6.49. The molecule has 0 bridgehead atoms.